The minimum absolute atomic E-state index is 0.0969. The van der Waals surface area contributed by atoms with Crippen LogP contribution in [0.1, 0.15) is 12.7 Å². The van der Waals surface area contributed by atoms with Crippen LogP contribution in [-0.2, 0) is 21.2 Å². The summed E-state index contributed by atoms with van der Waals surface area (Å²) in [5, 5.41) is 14.6. The third kappa shape index (κ3) is 4.46. The molecule has 0 amide bonds. The summed E-state index contributed by atoms with van der Waals surface area (Å²) >= 11 is 0. The molecular weight excluding hydrogens is 374 g/mol. The van der Waals surface area contributed by atoms with Crippen LogP contribution in [0.15, 0.2) is 45.9 Å². The van der Waals surface area contributed by atoms with Gasteiger partial charge in [0.15, 0.2) is 0 Å². The van der Waals surface area contributed by atoms with E-state index in [1.807, 2.05) is 13.0 Å². The van der Waals surface area contributed by atoms with Gasteiger partial charge < -0.3 is 14.5 Å². The van der Waals surface area contributed by atoms with Gasteiger partial charge in [-0.3, -0.25) is 10.1 Å². The van der Waals surface area contributed by atoms with E-state index in [2.05, 4.69) is 5.32 Å². The SMILES string of the molecule is CC(Cc1ccco1)Nc1ccc(S(=O)(=O)N2CCOCC2)cc1[N+](=O)[O-]. The highest BCUT2D eigenvalue weighted by molar-refractivity contribution is 7.89. The Morgan fingerprint density at radius 1 is 1.30 bits per heavy atom. The van der Waals surface area contributed by atoms with E-state index in [1.54, 1.807) is 12.3 Å². The molecule has 0 aliphatic carbocycles. The van der Waals surface area contributed by atoms with Gasteiger partial charge in [-0.1, -0.05) is 0 Å². The van der Waals surface area contributed by atoms with Crippen molar-refractivity contribution in [2.45, 2.75) is 24.3 Å². The number of nitro benzene ring substituents is 1. The average molecular weight is 395 g/mol. The maximum Gasteiger partial charge on any atom is 0.293 e. The maximum atomic E-state index is 12.7. The average Bonchev–Trinajstić information content (AvgIpc) is 3.15. The number of hydrogen-bond acceptors (Lipinski definition) is 7. The second-order valence-corrected chi connectivity index (χ2v) is 8.22. The molecule has 3 rings (SSSR count). The van der Waals surface area contributed by atoms with E-state index >= 15 is 0 Å². The minimum atomic E-state index is -3.80. The van der Waals surface area contributed by atoms with Gasteiger partial charge in [0.25, 0.3) is 5.69 Å². The molecular formula is C17H21N3O6S. The van der Waals surface area contributed by atoms with Crippen LogP contribution in [0.2, 0.25) is 0 Å². The van der Waals surface area contributed by atoms with Crippen LogP contribution in [0.25, 0.3) is 0 Å². The Morgan fingerprint density at radius 3 is 2.67 bits per heavy atom. The van der Waals surface area contributed by atoms with Crippen LogP contribution < -0.4 is 5.32 Å². The molecule has 9 nitrogen and oxygen atoms in total. The third-order valence-corrected chi connectivity index (χ3v) is 6.16. The van der Waals surface area contributed by atoms with Crippen molar-refractivity contribution < 1.29 is 22.5 Å². The predicted octanol–water partition coefficient (Wildman–Crippen LogP) is 2.25. The van der Waals surface area contributed by atoms with Crippen molar-refractivity contribution in [3.63, 3.8) is 0 Å². The number of hydrogen-bond donors (Lipinski definition) is 1. The molecule has 2 heterocycles. The van der Waals surface area contributed by atoms with Crippen LogP contribution in [-0.4, -0.2) is 50.0 Å². The van der Waals surface area contributed by atoms with Crippen LogP contribution in [0.3, 0.4) is 0 Å². The minimum Gasteiger partial charge on any atom is -0.469 e. The van der Waals surface area contributed by atoms with Gasteiger partial charge in [0.2, 0.25) is 10.0 Å². The maximum absolute atomic E-state index is 12.7. The summed E-state index contributed by atoms with van der Waals surface area (Å²) in [5.74, 6) is 0.754. The monoisotopic (exact) mass is 395 g/mol. The number of nitro groups is 1. The first-order valence-corrected chi connectivity index (χ1v) is 9.97. The van der Waals surface area contributed by atoms with Crippen molar-refractivity contribution in [3.05, 3.63) is 52.5 Å². The molecule has 0 spiro atoms. The fraction of sp³-hybridized carbons (Fsp3) is 0.412. The molecule has 10 heteroatoms. The van der Waals surface area contributed by atoms with Gasteiger partial charge in [-0.25, -0.2) is 8.42 Å². The molecule has 1 aliphatic heterocycles. The van der Waals surface area contributed by atoms with Gasteiger partial charge in [-0.15, -0.1) is 0 Å². The lowest BCUT2D eigenvalue weighted by atomic mass is 10.1. The Balaban J connectivity index is 1.83. The van der Waals surface area contributed by atoms with Gasteiger partial charge in [0.05, 0.1) is 29.3 Å². The van der Waals surface area contributed by atoms with Crippen molar-refractivity contribution in [1.29, 1.82) is 0 Å². The van der Waals surface area contributed by atoms with Crippen LogP contribution in [0.5, 0.6) is 0 Å². The van der Waals surface area contributed by atoms with Crippen LogP contribution >= 0.6 is 0 Å². The largest absolute Gasteiger partial charge is 0.469 e. The van der Waals surface area contributed by atoms with Gasteiger partial charge in [0.1, 0.15) is 11.4 Å². The van der Waals surface area contributed by atoms with E-state index < -0.39 is 14.9 Å². The highest BCUT2D eigenvalue weighted by Gasteiger charge is 2.29. The van der Waals surface area contributed by atoms with Crippen molar-refractivity contribution in [2.75, 3.05) is 31.6 Å². The summed E-state index contributed by atoms with van der Waals surface area (Å²) in [7, 11) is -3.80. The Morgan fingerprint density at radius 2 is 2.04 bits per heavy atom. The molecule has 1 unspecified atom stereocenters. The number of anilines is 1. The van der Waals surface area contributed by atoms with E-state index in [0.717, 1.165) is 11.8 Å². The van der Waals surface area contributed by atoms with E-state index in [0.29, 0.717) is 19.6 Å². The standard InChI is InChI=1S/C17H21N3O6S/c1-13(11-14-3-2-8-26-14)18-16-5-4-15(12-17(16)20(21)22)27(23,24)19-6-9-25-10-7-19/h2-5,8,12-13,18H,6-7,9-11H2,1H3. The summed E-state index contributed by atoms with van der Waals surface area (Å²) in [6.45, 7) is 2.95. The molecule has 1 atom stereocenters. The lowest BCUT2D eigenvalue weighted by Gasteiger charge is -2.26. The smallest absolute Gasteiger partial charge is 0.293 e. The molecule has 0 saturated carbocycles. The fourth-order valence-corrected chi connectivity index (χ4v) is 4.36. The van der Waals surface area contributed by atoms with E-state index in [9.17, 15) is 18.5 Å². The van der Waals surface area contributed by atoms with Gasteiger partial charge in [-0.2, -0.15) is 4.31 Å². The van der Waals surface area contributed by atoms with Crippen molar-refractivity contribution >= 4 is 21.4 Å². The first kappa shape index (κ1) is 19.3. The molecule has 146 valence electrons. The summed E-state index contributed by atoms with van der Waals surface area (Å²) < 4.78 is 37.2. The summed E-state index contributed by atoms with van der Waals surface area (Å²) in [6.07, 6.45) is 2.10. The van der Waals surface area contributed by atoms with E-state index in [4.69, 9.17) is 9.15 Å². The highest BCUT2D eigenvalue weighted by Crippen LogP contribution is 2.30. The topological polar surface area (TPSA) is 115 Å². The second-order valence-electron chi connectivity index (χ2n) is 6.28. The van der Waals surface area contributed by atoms with Gasteiger partial charge in [0, 0.05) is 31.6 Å². The van der Waals surface area contributed by atoms with E-state index in [1.165, 1.54) is 16.4 Å². The second kappa shape index (κ2) is 8.07. The Bertz CT molecular complexity index is 891. The molecule has 27 heavy (non-hydrogen) atoms. The predicted molar refractivity (Wildman–Crippen MR) is 98.2 cm³/mol. The quantitative estimate of drug-likeness (QED) is 0.565. The summed E-state index contributed by atoms with van der Waals surface area (Å²) in [5.41, 5.74) is -0.0180. The molecule has 1 aliphatic rings. The van der Waals surface area contributed by atoms with Crippen LogP contribution in [0.4, 0.5) is 11.4 Å². The summed E-state index contributed by atoms with van der Waals surface area (Å²) in [4.78, 5) is 10.8. The lowest BCUT2D eigenvalue weighted by Crippen LogP contribution is -2.40. The van der Waals surface area contributed by atoms with Crippen molar-refractivity contribution in [1.82, 2.24) is 4.31 Å². The number of nitrogens with one attached hydrogen (secondary N) is 1. The number of morpholine rings is 1. The van der Waals surface area contributed by atoms with Crippen molar-refractivity contribution in [3.8, 4) is 0 Å². The molecule has 1 saturated heterocycles. The first-order chi connectivity index (χ1) is 12.9. The molecule has 1 aromatic heterocycles. The Kier molecular flexibility index (Phi) is 5.78. The van der Waals surface area contributed by atoms with Crippen molar-refractivity contribution in [2.24, 2.45) is 0 Å². The van der Waals surface area contributed by atoms with Gasteiger partial charge >= 0.3 is 0 Å². The Hall–Kier alpha value is -2.43. The number of ether oxygens (including phenoxy) is 1. The number of benzene rings is 1. The highest BCUT2D eigenvalue weighted by atomic mass is 32.2. The van der Waals surface area contributed by atoms with Crippen LogP contribution in [0, 0.1) is 10.1 Å². The Labute approximate surface area is 157 Å². The number of rotatable bonds is 7. The molecule has 1 aromatic carbocycles. The van der Waals surface area contributed by atoms with Gasteiger partial charge in [-0.05, 0) is 31.2 Å². The number of furan rings is 1. The normalized spacial score (nSPS) is 16.8. The molecule has 0 bridgehead atoms. The number of sulfonamides is 1. The third-order valence-electron chi connectivity index (χ3n) is 4.26. The molecule has 1 fully saturated rings. The first-order valence-electron chi connectivity index (χ1n) is 8.53. The molecule has 2 aromatic rings. The zero-order valence-electron chi connectivity index (χ0n) is 14.8. The zero-order valence-corrected chi connectivity index (χ0v) is 15.6. The number of nitrogens with zero attached hydrogens (tertiary/aromatic N) is 2. The lowest BCUT2D eigenvalue weighted by molar-refractivity contribution is -0.384. The fourth-order valence-electron chi connectivity index (χ4n) is 2.93. The molecule has 0 radical (unpaired) electrons. The van der Waals surface area contributed by atoms with E-state index in [-0.39, 0.29) is 35.4 Å². The zero-order chi connectivity index (χ0) is 19.4. The molecule has 1 N–H and O–H groups in total. The summed E-state index contributed by atoms with van der Waals surface area (Å²) in [6, 6.07) is 7.38.